The Morgan fingerprint density at radius 1 is 1.32 bits per heavy atom. The van der Waals surface area contributed by atoms with E-state index in [0.717, 1.165) is 5.69 Å². The molecule has 0 bridgehead atoms. The number of benzene rings is 1. The lowest BCUT2D eigenvalue weighted by Gasteiger charge is -2.15. The van der Waals surface area contributed by atoms with E-state index in [9.17, 15) is 15.0 Å². The van der Waals surface area contributed by atoms with E-state index in [0.29, 0.717) is 6.42 Å². The van der Waals surface area contributed by atoms with Crippen molar-refractivity contribution in [3.05, 3.63) is 42.2 Å². The van der Waals surface area contributed by atoms with Crippen LogP contribution >= 0.6 is 0 Å². The van der Waals surface area contributed by atoms with Crippen molar-refractivity contribution in [2.24, 2.45) is 0 Å². The molecule has 0 saturated heterocycles. The fraction of sp³-hybridized carbons (Fsp3) is 0.400. The molecular formula is C15H19N3O4. The van der Waals surface area contributed by atoms with Crippen molar-refractivity contribution in [3.8, 4) is 5.69 Å². The molecule has 0 aliphatic heterocycles. The average Bonchev–Trinajstić information content (AvgIpc) is 3.03. The van der Waals surface area contributed by atoms with Gasteiger partial charge in [-0.05, 0) is 18.6 Å². The molecule has 2 aromatic rings. The normalized spacial score (nSPS) is 13.6. The predicted octanol–water partition coefficient (Wildman–Crippen LogP) is 1.00. The minimum atomic E-state index is -1.27. The molecule has 2 atom stereocenters. The SMILES string of the molecule is CCCC(=O)OC[C@@H](O)[C@H](O)c1cnn(-c2ccccc2)n1. The van der Waals surface area contributed by atoms with Crippen molar-refractivity contribution in [1.29, 1.82) is 0 Å². The van der Waals surface area contributed by atoms with Crippen LogP contribution in [0.15, 0.2) is 36.5 Å². The molecule has 1 aromatic heterocycles. The molecule has 22 heavy (non-hydrogen) atoms. The van der Waals surface area contributed by atoms with E-state index in [-0.39, 0.29) is 18.7 Å². The second kappa shape index (κ2) is 7.67. The van der Waals surface area contributed by atoms with Crippen LogP contribution in [0.25, 0.3) is 5.69 Å². The largest absolute Gasteiger partial charge is 0.463 e. The van der Waals surface area contributed by atoms with Crippen LogP contribution in [0.3, 0.4) is 0 Å². The third kappa shape index (κ3) is 4.12. The minimum absolute atomic E-state index is 0.211. The van der Waals surface area contributed by atoms with Crippen LogP contribution in [0.2, 0.25) is 0 Å². The zero-order valence-electron chi connectivity index (χ0n) is 12.3. The van der Waals surface area contributed by atoms with Crippen molar-refractivity contribution in [3.63, 3.8) is 0 Å². The number of nitrogens with zero attached hydrogens (tertiary/aromatic N) is 3. The van der Waals surface area contributed by atoms with Gasteiger partial charge >= 0.3 is 5.97 Å². The maximum absolute atomic E-state index is 11.2. The summed E-state index contributed by atoms with van der Waals surface area (Å²) in [5, 5.41) is 28.1. The Hall–Kier alpha value is -2.25. The van der Waals surface area contributed by atoms with Gasteiger partial charge in [-0.15, -0.1) is 0 Å². The maximum atomic E-state index is 11.2. The first-order chi connectivity index (χ1) is 10.6. The molecule has 0 fully saturated rings. The van der Waals surface area contributed by atoms with Gasteiger partial charge < -0.3 is 14.9 Å². The molecule has 1 heterocycles. The molecule has 0 radical (unpaired) electrons. The summed E-state index contributed by atoms with van der Waals surface area (Å²) < 4.78 is 4.87. The van der Waals surface area contributed by atoms with E-state index in [4.69, 9.17) is 4.74 Å². The molecule has 0 saturated carbocycles. The summed E-state index contributed by atoms with van der Waals surface area (Å²) in [6, 6.07) is 9.20. The number of carbonyl (C=O) groups is 1. The number of rotatable bonds is 7. The predicted molar refractivity (Wildman–Crippen MR) is 78.2 cm³/mol. The third-order valence-electron chi connectivity index (χ3n) is 3.03. The molecule has 2 rings (SSSR count). The zero-order valence-corrected chi connectivity index (χ0v) is 12.3. The smallest absolute Gasteiger partial charge is 0.305 e. The molecule has 7 nitrogen and oxygen atoms in total. The van der Waals surface area contributed by atoms with Gasteiger partial charge in [-0.1, -0.05) is 25.1 Å². The van der Waals surface area contributed by atoms with Gasteiger partial charge in [0.25, 0.3) is 0 Å². The van der Waals surface area contributed by atoms with E-state index >= 15 is 0 Å². The number of aliphatic hydroxyl groups is 2. The summed E-state index contributed by atoms with van der Waals surface area (Å²) in [5.74, 6) is -0.401. The molecular weight excluding hydrogens is 286 g/mol. The van der Waals surface area contributed by atoms with Crippen LogP contribution in [-0.4, -0.2) is 43.9 Å². The van der Waals surface area contributed by atoms with Gasteiger partial charge in [0, 0.05) is 6.42 Å². The van der Waals surface area contributed by atoms with Crippen molar-refractivity contribution < 1.29 is 19.7 Å². The lowest BCUT2D eigenvalue weighted by atomic mass is 10.1. The van der Waals surface area contributed by atoms with Crippen LogP contribution in [0.4, 0.5) is 0 Å². The molecule has 1 aromatic carbocycles. The fourth-order valence-corrected chi connectivity index (χ4v) is 1.84. The zero-order chi connectivity index (χ0) is 15.9. The second-order valence-electron chi connectivity index (χ2n) is 4.84. The van der Waals surface area contributed by atoms with Crippen LogP contribution in [0.1, 0.15) is 31.6 Å². The van der Waals surface area contributed by atoms with E-state index in [1.807, 2.05) is 37.3 Å². The number of aromatic nitrogens is 3. The van der Waals surface area contributed by atoms with Gasteiger partial charge in [0.15, 0.2) is 0 Å². The minimum Gasteiger partial charge on any atom is -0.463 e. The van der Waals surface area contributed by atoms with Crippen LogP contribution in [0.5, 0.6) is 0 Å². The maximum Gasteiger partial charge on any atom is 0.305 e. The molecule has 0 spiro atoms. The Morgan fingerprint density at radius 2 is 2.05 bits per heavy atom. The molecule has 2 N–H and O–H groups in total. The average molecular weight is 305 g/mol. The lowest BCUT2D eigenvalue weighted by molar-refractivity contribution is -0.149. The number of para-hydroxylation sites is 1. The summed E-state index contributed by atoms with van der Waals surface area (Å²) >= 11 is 0. The number of carbonyl (C=O) groups excluding carboxylic acids is 1. The van der Waals surface area contributed by atoms with Gasteiger partial charge in [0.1, 0.15) is 24.5 Å². The number of ether oxygens (including phenoxy) is 1. The highest BCUT2D eigenvalue weighted by atomic mass is 16.5. The topological polar surface area (TPSA) is 97.5 Å². The summed E-state index contributed by atoms with van der Waals surface area (Å²) in [5.41, 5.74) is 0.952. The molecule has 0 aliphatic carbocycles. The van der Waals surface area contributed by atoms with Crippen LogP contribution in [-0.2, 0) is 9.53 Å². The first-order valence-electron chi connectivity index (χ1n) is 7.11. The molecule has 0 unspecified atom stereocenters. The fourth-order valence-electron chi connectivity index (χ4n) is 1.84. The van der Waals surface area contributed by atoms with Gasteiger partial charge in [0.2, 0.25) is 0 Å². The molecule has 7 heteroatoms. The Kier molecular flexibility index (Phi) is 5.62. The highest BCUT2D eigenvalue weighted by Crippen LogP contribution is 2.15. The van der Waals surface area contributed by atoms with Crippen molar-refractivity contribution in [1.82, 2.24) is 15.0 Å². The van der Waals surface area contributed by atoms with Gasteiger partial charge in [-0.3, -0.25) is 4.79 Å². The monoisotopic (exact) mass is 305 g/mol. The third-order valence-corrected chi connectivity index (χ3v) is 3.03. The van der Waals surface area contributed by atoms with E-state index in [2.05, 4.69) is 10.2 Å². The summed E-state index contributed by atoms with van der Waals surface area (Å²) in [7, 11) is 0. The van der Waals surface area contributed by atoms with Gasteiger partial charge in [-0.2, -0.15) is 15.0 Å². The van der Waals surface area contributed by atoms with Crippen LogP contribution in [0, 0.1) is 0 Å². The van der Waals surface area contributed by atoms with Crippen LogP contribution < -0.4 is 0 Å². The first-order valence-corrected chi connectivity index (χ1v) is 7.11. The number of hydrogen-bond donors (Lipinski definition) is 2. The molecule has 0 amide bonds. The van der Waals surface area contributed by atoms with Crippen molar-refractivity contribution in [2.75, 3.05) is 6.61 Å². The lowest BCUT2D eigenvalue weighted by Crippen LogP contribution is -2.26. The summed E-state index contributed by atoms with van der Waals surface area (Å²) in [6.45, 7) is 1.58. The van der Waals surface area contributed by atoms with E-state index in [1.54, 1.807) is 0 Å². The number of aliphatic hydroxyl groups excluding tert-OH is 2. The highest BCUT2D eigenvalue weighted by molar-refractivity contribution is 5.69. The van der Waals surface area contributed by atoms with Crippen molar-refractivity contribution in [2.45, 2.75) is 32.0 Å². The molecule has 0 aliphatic rings. The Balaban J connectivity index is 1.96. The van der Waals surface area contributed by atoms with Gasteiger partial charge in [0.05, 0.1) is 11.9 Å². The summed E-state index contributed by atoms with van der Waals surface area (Å²) in [4.78, 5) is 12.6. The second-order valence-corrected chi connectivity index (χ2v) is 4.84. The standard InChI is InChI=1S/C15H19N3O4/c1-2-6-14(20)22-10-13(19)15(21)12-9-16-18(17-12)11-7-4-3-5-8-11/h3-5,7-9,13,15,19,21H,2,6,10H2,1H3/t13-,15-/m1/s1. The number of esters is 1. The first kappa shape index (κ1) is 16.1. The number of hydrogen-bond acceptors (Lipinski definition) is 6. The Morgan fingerprint density at radius 3 is 2.73 bits per heavy atom. The Labute approximate surface area is 128 Å². The van der Waals surface area contributed by atoms with Crippen molar-refractivity contribution >= 4 is 5.97 Å². The van der Waals surface area contributed by atoms with Gasteiger partial charge in [-0.25, -0.2) is 0 Å². The highest BCUT2D eigenvalue weighted by Gasteiger charge is 2.23. The summed E-state index contributed by atoms with van der Waals surface area (Å²) in [6.07, 6.45) is -0.196. The molecule has 118 valence electrons. The quantitative estimate of drug-likeness (QED) is 0.741. The Bertz CT molecular complexity index is 600. The van der Waals surface area contributed by atoms with E-state index < -0.39 is 18.2 Å². The van der Waals surface area contributed by atoms with E-state index in [1.165, 1.54) is 11.0 Å².